The van der Waals surface area contributed by atoms with Crippen molar-refractivity contribution in [2.45, 2.75) is 13.1 Å². The summed E-state index contributed by atoms with van der Waals surface area (Å²) in [4.78, 5) is 43.8. The monoisotopic (exact) mass is 473 g/mol. The van der Waals surface area contributed by atoms with Crippen LogP contribution in [0.1, 0.15) is 32.0 Å². The minimum Gasteiger partial charge on any atom is -0.478 e. The average molecular weight is 473 g/mol. The number of carboxylic acid groups (broad SMARTS) is 1. The van der Waals surface area contributed by atoms with Crippen LogP contribution in [0, 0.1) is 0 Å². The average Bonchev–Trinajstić information content (AvgIpc) is 3.41. The fraction of sp³-hybridized carbons (Fsp3) is 0.130. The zero-order valence-electron chi connectivity index (χ0n) is 18.4. The smallest absolute Gasteiger partial charge is 0.419 e. The van der Waals surface area contributed by atoms with E-state index in [0.717, 1.165) is 11.1 Å². The van der Waals surface area contributed by atoms with Crippen molar-refractivity contribution in [3.05, 3.63) is 81.7 Å². The van der Waals surface area contributed by atoms with Crippen molar-refractivity contribution in [1.82, 2.24) is 30.0 Å². The Balaban J connectivity index is 1.30. The highest BCUT2D eigenvalue weighted by Crippen LogP contribution is 2.21. The molecule has 5 rings (SSSR count). The lowest BCUT2D eigenvalue weighted by Gasteiger charge is -2.06. The SMILES string of the molecule is Cn1c(=O)oc2ccc(CNC(=O)c3ncnc4c(NCc5ccc(C(=O)O)cc5)n[nH]c34)cc21. The lowest BCUT2D eigenvalue weighted by atomic mass is 10.1. The van der Waals surface area contributed by atoms with Crippen LogP contribution in [0.5, 0.6) is 0 Å². The van der Waals surface area contributed by atoms with Crippen LogP contribution in [-0.4, -0.2) is 41.7 Å². The molecule has 2 aromatic carbocycles. The van der Waals surface area contributed by atoms with E-state index in [2.05, 4.69) is 30.8 Å². The molecule has 12 heteroatoms. The van der Waals surface area contributed by atoms with Crippen LogP contribution in [0.2, 0.25) is 0 Å². The fourth-order valence-electron chi connectivity index (χ4n) is 3.63. The molecule has 0 aliphatic rings. The Hall–Kier alpha value is -5.00. The fourth-order valence-corrected chi connectivity index (χ4v) is 3.63. The summed E-state index contributed by atoms with van der Waals surface area (Å²) in [5.74, 6) is -1.42. The third kappa shape index (κ3) is 4.19. The van der Waals surface area contributed by atoms with Gasteiger partial charge in [0.05, 0.1) is 11.1 Å². The highest BCUT2D eigenvalue weighted by molar-refractivity contribution is 6.04. The Kier molecular flexibility index (Phi) is 5.45. The van der Waals surface area contributed by atoms with Crippen molar-refractivity contribution in [1.29, 1.82) is 0 Å². The molecule has 0 bridgehead atoms. The van der Waals surface area contributed by atoms with Gasteiger partial charge in [0.25, 0.3) is 5.91 Å². The van der Waals surface area contributed by atoms with E-state index in [1.807, 2.05) is 0 Å². The van der Waals surface area contributed by atoms with Crippen molar-refractivity contribution >= 4 is 39.8 Å². The minimum atomic E-state index is -0.988. The predicted molar refractivity (Wildman–Crippen MR) is 125 cm³/mol. The van der Waals surface area contributed by atoms with E-state index in [1.165, 1.54) is 23.0 Å². The summed E-state index contributed by atoms with van der Waals surface area (Å²) < 4.78 is 6.52. The molecule has 12 nitrogen and oxygen atoms in total. The summed E-state index contributed by atoms with van der Waals surface area (Å²) >= 11 is 0. The van der Waals surface area contributed by atoms with E-state index in [4.69, 9.17) is 9.52 Å². The van der Waals surface area contributed by atoms with E-state index in [-0.39, 0.29) is 17.8 Å². The predicted octanol–water partition coefficient (Wildman–Crippen LogP) is 2.04. The van der Waals surface area contributed by atoms with E-state index >= 15 is 0 Å². The second-order valence-corrected chi connectivity index (χ2v) is 7.79. The van der Waals surface area contributed by atoms with Crippen LogP contribution in [0.15, 0.2) is 58.0 Å². The Morgan fingerprint density at radius 3 is 2.63 bits per heavy atom. The van der Waals surface area contributed by atoms with E-state index < -0.39 is 17.6 Å². The number of nitrogens with zero attached hydrogens (tertiary/aromatic N) is 4. The van der Waals surface area contributed by atoms with Gasteiger partial charge in [0.1, 0.15) is 17.4 Å². The number of aryl methyl sites for hydroxylation is 1. The number of rotatable bonds is 7. The first kappa shape index (κ1) is 21.8. The van der Waals surface area contributed by atoms with Crippen molar-refractivity contribution in [3.63, 3.8) is 0 Å². The molecule has 5 aromatic rings. The van der Waals surface area contributed by atoms with Crippen LogP contribution >= 0.6 is 0 Å². The van der Waals surface area contributed by atoms with Gasteiger partial charge in [-0.1, -0.05) is 18.2 Å². The molecule has 3 aromatic heterocycles. The van der Waals surface area contributed by atoms with Gasteiger partial charge < -0.3 is 20.2 Å². The molecule has 0 saturated carbocycles. The molecular weight excluding hydrogens is 454 g/mol. The number of amides is 1. The van der Waals surface area contributed by atoms with Gasteiger partial charge in [0.2, 0.25) is 0 Å². The van der Waals surface area contributed by atoms with Crippen LogP contribution in [-0.2, 0) is 20.1 Å². The number of oxazole rings is 1. The number of benzene rings is 2. The molecular formula is C23H19N7O5. The van der Waals surface area contributed by atoms with E-state index in [0.29, 0.717) is 34.5 Å². The zero-order valence-corrected chi connectivity index (χ0v) is 18.4. The largest absolute Gasteiger partial charge is 0.478 e. The second-order valence-electron chi connectivity index (χ2n) is 7.79. The molecule has 0 aliphatic carbocycles. The lowest BCUT2D eigenvalue weighted by Crippen LogP contribution is -2.24. The van der Waals surface area contributed by atoms with Crippen LogP contribution in [0.4, 0.5) is 5.82 Å². The number of fused-ring (bicyclic) bond motifs is 2. The molecule has 1 amide bonds. The number of carboxylic acids is 1. The van der Waals surface area contributed by atoms with Crippen molar-refractivity contribution < 1.29 is 19.1 Å². The normalized spacial score (nSPS) is 11.1. The summed E-state index contributed by atoms with van der Waals surface area (Å²) in [5.41, 5.74) is 3.91. The number of aromatic nitrogens is 5. The Morgan fingerprint density at radius 1 is 1.09 bits per heavy atom. The second kappa shape index (κ2) is 8.74. The number of anilines is 1. The maximum absolute atomic E-state index is 12.9. The van der Waals surface area contributed by atoms with Crippen molar-refractivity contribution in [3.8, 4) is 0 Å². The van der Waals surface area contributed by atoms with Gasteiger partial charge in [-0.2, -0.15) is 5.10 Å². The first-order valence-corrected chi connectivity index (χ1v) is 10.5. The minimum absolute atomic E-state index is 0.137. The maximum Gasteiger partial charge on any atom is 0.419 e. The number of H-pyrrole nitrogens is 1. The molecule has 0 atom stereocenters. The van der Waals surface area contributed by atoms with Crippen LogP contribution < -0.4 is 16.4 Å². The highest BCUT2D eigenvalue weighted by Gasteiger charge is 2.17. The van der Waals surface area contributed by atoms with Crippen molar-refractivity contribution in [2.75, 3.05) is 5.32 Å². The van der Waals surface area contributed by atoms with E-state index in [9.17, 15) is 14.4 Å². The Bertz CT molecular complexity index is 1630. The summed E-state index contributed by atoms with van der Waals surface area (Å²) in [6, 6.07) is 11.7. The van der Waals surface area contributed by atoms with Gasteiger partial charge in [0, 0.05) is 20.1 Å². The topological polar surface area (TPSA) is 168 Å². The molecule has 0 unspecified atom stereocenters. The number of carbonyl (C=O) groups is 2. The zero-order chi connectivity index (χ0) is 24.5. The number of hydrogen-bond donors (Lipinski definition) is 4. The molecule has 0 fully saturated rings. The van der Waals surface area contributed by atoms with Crippen LogP contribution in [0.25, 0.3) is 22.1 Å². The van der Waals surface area contributed by atoms with Gasteiger partial charge in [-0.25, -0.2) is 19.6 Å². The van der Waals surface area contributed by atoms with Gasteiger partial charge >= 0.3 is 11.7 Å². The number of hydrogen-bond acceptors (Lipinski definition) is 8. The summed E-state index contributed by atoms with van der Waals surface area (Å²) in [6.45, 7) is 0.593. The molecule has 0 spiro atoms. The third-order valence-electron chi connectivity index (χ3n) is 5.54. The summed E-state index contributed by atoms with van der Waals surface area (Å²) in [7, 11) is 1.61. The summed E-state index contributed by atoms with van der Waals surface area (Å²) in [5, 5.41) is 22.0. The number of aromatic carboxylic acids is 1. The molecule has 0 aliphatic heterocycles. The summed E-state index contributed by atoms with van der Waals surface area (Å²) in [6.07, 6.45) is 1.28. The van der Waals surface area contributed by atoms with Crippen molar-refractivity contribution in [2.24, 2.45) is 7.05 Å². The molecule has 0 radical (unpaired) electrons. The van der Waals surface area contributed by atoms with Gasteiger partial charge in [-0.3, -0.25) is 14.5 Å². The Labute approximate surface area is 196 Å². The molecule has 4 N–H and O–H groups in total. The molecule has 0 saturated heterocycles. The standard InChI is InChI=1S/C23H19N7O5/c1-30-15-8-13(4-7-16(15)35-23(30)34)10-25-21(31)19-17-18(26-11-27-19)20(29-28-17)24-9-12-2-5-14(6-3-12)22(32)33/h2-8,11H,9-10H2,1H3,(H,25,31)(H,32,33)(H2,24,28,29). The number of carbonyl (C=O) groups excluding carboxylic acids is 1. The van der Waals surface area contributed by atoms with Gasteiger partial charge in [-0.15, -0.1) is 0 Å². The molecule has 35 heavy (non-hydrogen) atoms. The molecule has 3 heterocycles. The first-order valence-electron chi connectivity index (χ1n) is 10.5. The van der Waals surface area contributed by atoms with Crippen LogP contribution in [0.3, 0.4) is 0 Å². The van der Waals surface area contributed by atoms with Gasteiger partial charge in [-0.05, 0) is 35.4 Å². The first-order chi connectivity index (χ1) is 16.9. The third-order valence-corrected chi connectivity index (χ3v) is 5.54. The lowest BCUT2D eigenvalue weighted by molar-refractivity contribution is 0.0696. The Morgan fingerprint density at radius 2 is 1.86 bits per heavy atom. The number of aromatic amines is 1. The quantitative estimate of drug-likeness (QED) is 0.276. The molecule has 176 valence electrons. The highest BCUT2D eigenvalue weighted by atomic mass is 16.4. The number of nitrogens with one attached hydrogen (secondary N) is 3. The van der Waals surface area contributed by atoms with E-state index in [1.54, 1.807) is 37.4 Å². The van der Waals surface area contributed by atoms with Gasteiger partial charge in [0.15, 0.2) is 17.1 Å². The maximum atomic E-state index is 12.9.